The Hall–Kier alpha value is -4.14. The lowest BCUT2D eigenvalue weighted by Crippen LogP contribution is -2.22. The first-order valence-electron chi connectivity index (χ1n) is 10.8. The van der Waals surface area contributed by atoms with Crippen LogP contribution in [0.4, 0.5) is 0 Å². The molecule has 0 saturated heterocycles. The fraction of sp³-hybridized carbons (Fsp3) is 0.0385. The highest BCUT2D eigenvalue weighted by atomic mass is 35.5. The normalized spacial score (nSPS) is 11.2. The number of benzene rings is 2. The van der Waals surface area contributed by atoms with E-state index in [1.54, 1.807) is 24.8 Å². The van der Waals surface area contributed by atoms with Crippen LogP contribution in [0.15, 0.2) is 96.3 Å². The number of fused-ring (bicyclic) bond motifs is 1. The van der Waals surface area contributed by atoms with Crippen molar-refractivity contribution in [3.8, 4) is 32.7 Å². The van der Waals surface area contributed by atoms with Crippen molar-refractivity contribution in [3.63, 3.8) is 0 Å². The van der Waals surface area contributed by atoms with Crippen LogP contribution in [0.1, 0.15) is 5.56 Å². The monoisotopic (exact) mass is 496 g/mol. The smallest absolute Gasteiger partial charge is 0.265 e. The molecule has 0 saturated carbocycles. The molecule has 0 unspecified atom stereocenters. The summed E-state index contributed by atoms with van der Waals surface area (Å²) in [6.45, 7) is 0.331. The molecular formula is C26H17ClN6OS. The Morgan fingerprint density at radius 3 is 2.29 bits per heavy atom. The average molecular weight is 497 g/mol. The van der Waals surface area contributed by atoms with Crippen LogP contribution in [0.2, 0.25) is 5.02 Å². The quantitative estimate of drug-likeness (QED) is 0.317. The van der Waals surface area contributed by atoms with Crippen molar-refractivity contribution in [2.45, 2.75) is 6.54 Å². The van der Waals surface area contributed by atoms with Crippen LogP contribution in [-0.2, 0) is 6.54 Å². The minimum atomic E-state index is -0.301. The summed E-state index contributed by atoms with van der Waals surface area (Å²) in [6.07, 6.45) is 6.93. The van der Waals surface area contributed by atoms with Gasteiger partial charge in [-0.3, -0.25) is 4.98 Å². The van der Waals surface area contributed by atoms with Crippen molar-refractivity contribution in [3.05, 3.63) is 113 Å². The van der Waals surface area contributed by atoms with Gasteiger partial charge in [0.15, 0.2) is 5.65 Å². The summed E-state index contributed by atoms with van der Waals surface area (Å²) in [6, 6.07) is 21.4. The zero-order chi connectivity index (χ0) is 23.8. The van der Waals surface area contributed by atoms with Gasteiger partial charge in [-0.15, -0.1) is 5.10 Å². The summed E-state index contributed by atoms with van der Waals surface area (Å²) >= 11 is 7.55. The molecule has 6 rings (SSSR count). The zero-order valence-electron chi connectivity index (χ0n) is 18.2. The molecule has 35 heavy (non-hydrogen) atoms. The Kier molecular flexibility index (Phi) is 5.44. The molecule has 4 aromatic heterocycles. The van der Waals surface area contributed by atoms with Gasteiger partial charge in [-0.2, -0.15) is 9.61 Å². The number of hydrogen-bond donors (Lipinski definition) is 0. The fourth-order valence-corrected chi connectivity index (χ4v) is 4.75. The second-order valence-electron chi connectivity index (χ2n) is 7.93. The molecule has 2 aromatic carbocycles. The van der Waals surface area contributed by atoms with Crippen molar-refractivity contribution >= 4 is 28.8 Å². The lowest BCUT2D eigenvalue weighted by molar-refractivity contribution is 0.650. The van der Waals surface area contributed by atoms with Crippen LogP contribution in [0.25, 0.3) is 38.3 Å². The number of hydrogen-bond acceptors (Lipinski definition) is 6. The molecule has 0 bridgehead atoms. The Bertz CT molecular complexity index is 1680. The van der Waals surface area contributed by atoms with Crippen molar-refractivity contribution in [1.29, 1.82) is 0 Å². The van der Waals surface area contributed by atoms with Gasteiger partial charge in [0.2, 0.25) is 0 Å². The van der Waals surface area contributed by atoms with Crippen molar-refractivity contribution in [1.82, 2.24) is 28.8 Å². The van der Waals surface area contributed by atoms with Gasteiger partial charge in [0.05, 0.1) is 17.6 Å². The number of halogens is 1. The van der Waals surface area contributed by atoms with E-state index in [-0.39, 0.29) is 5.69 Å². The van der Waals surface area contributed by atoms with Crippen molar-refractivity contribution < 1.29 is 0 Å². The minimum absolute atomic E-state index is 0.301. The predicted molar refractivity (Wildman–Crippen MR) is 138 cm³/mol. The van der Waals surface area contributed by atoms with Gasteiger partial charge < -0.3 is 0 Å². The third-order valence-corrected chi connectivity index (χ3v) is 6.79. The predicted octanol–water partition coefficient (Wildman–Crippen LogP) is 5.45. The van der Waals surface area contributed by atoms with Crippen molar-refractivity contribution in [2.75, 3.05) is 0 Å². The van der Waals surface area contributed by atoms with Gasteiger partial charge in [0.1, 0.15) is 0 Å². The molecule has 0 amide bonds. The second-order valence-corrected chi connectivity index (χ2v) is 9.19. The van der Waals surface area contributed by atoms with Crippen LogP contribution in [0.3, 0.4) is 0 Å². The lowest BCUT2D eigenvalue weighted by atomic mass is 9.98. The summed E-state index contributed by atoms with van der Waals surface area (Å²) in [5.41, 5.74) is 5.72. The van der Waals surface area contributed by atoms with Crippen LogP contribution < -0.4 is 5.69 Å². The maximum absolute atomic E-state index is 13.2. The largest absolute Gasteiger partial charge is 0.367 e. The number of nitrogens with zero attached hydrogens (tertiary/aromatic N) is 6. The van der Waals surface area contributed by atoms with Crippen LogP contribution in [-0.4, -0.2) is 28.8 Å². The molecule has 0 fully saturated rings. The molecule has 0 spiro atoms. The Balaban J connectivity index is 1.46. The average Bonchev–Trinajstić information content (AvgIpc) is 3.54. The van der Waals surface area contributed by atoms with E-state index in [0.717, 1.165) is 38.3 Å². The van der Waals surface area contributed by atoms with E-state index in [9.17, 15) is 4.79 Å². The van der Waals surface area contributed by atoms with E-state index in [1.165, 1.54) is 20.7 Å². The summed E-state index contributed by atoms with van der Waals surface area (Å²) in [7, 11) is 0. The fourth-order valence-electron chi connectivity index (χ4n) is 4.03. The maximum atomic E-state index is 13.2. The molecule has 0 atom stereocenters. The third-order valence-electron chi connectivity index (χ3n) is 5.75. The summed E-state index contributed by atoms with van der Waals surface area (Å²) in [5.74, 6) is 0. The molecule has 0 aliphatic carbocycles. The zero-order valence-corrected chi connectivity index (χ0v) is 19.8. The van der Waals surface area contributed by atoms with Crippen LogP contribution in [0.5, 0.6) is 0 Å². The highest BCUT2D eigenvalue weighted by Gasteiger charge is 2.19. The minimum Gasteiger partial charge on any atom is -0.265 e. The Labute approximate surface area is 209 Å². The lowest BCUT2D eigenvalue weighted by Gasteiger charge is -2.10. The molecule has 0 N–H and O–H groups in total. The van der Waals surface area contributed by atoms with Crippen LogP contribution in [0, 0.1) is 0 Å². The standard InChI is InChI=1S/C26H17ClN6OS/c27-21-7-5-18(6-8-21)22-15-29-33-25(24(22)20-9-12-28-13-10-20)31-32(26(33)34)16-17-1-3-19(4-2-17)23-11-14-30-35-23/h1-15H,16H2. The highest BCUT2D eigenvalue weighted by Crippen LogP contribution is 2.34. The topological polar surface area (TPSA) is 78.0 Å². The number of pyridine rings is 1. The molecule has 4 heterocycles. The first-order valence-corrected chi connectivity index (χ1v) is 12.0. The first kappa shape index (κ1) is 21.4. The second kappa shape index (κ2) is 8.90. The van der Waals surface area contributed by atoms with Gasteiger partial charge in [0.25, 0.3) is 0 Å². The van der Waals surface area contributed by atoms with E-state index in [2.05, 4.69) is 14.5 Å². The van der Waals surface area contributed by atoms with Crippen LogP contribution >= 0.6 is 23.1 Å². The van der Waals surface area contributed by atoms with E-state index >= 15 is 0 Å². The summed E-state index contributed by atoms with van der Waals surface area (Å²) in [5, 5.41) is 9.80. The Morgan fingerprint density at radius 1 is 0.829 bits per heavy atom. The molecule has 0 radical (unpaired) electrons. The Morgan fingerprint density at radius 2 is 1.57 bits per heavy atom. The SMILES string of the molecule is O=c1n(Cc2ccc(-c3ccns3)cc2)nc2c(-c3ccncc3)c(-c3ccc(Cl)cc3)cnn12. The maximum Gasteiger partial charge on any atom is 0.367 e. The van der Waals surface area contributed by atoms with Gasteiger partial charge in [0, 0.05) is 34.7 Å². The van der Waals surface area contributed by atoms with Gasteiger partial charge in [-0.25, -0.2) is 13.8 Å². The van der Waals surface area contributed by atoms with E-state index in [0.29, 0.717) is 17.2 Å². The molecule has 9 heteroatoms. The van der Waals surface area contributed by atoms with Crippen molar-refractivity contribution in [2.24, 2.45) is 0 Å². The molecule has 0 aliphatic heterocycles. The molecule has 6 aromatic rings. The third kappa shape index (κ3) is 4.03. The van der Waals surface area contributed by atoms with Gasteiger partial charge >= 0.3 is 5.69 Å². The molecule has 0 aliphatic rings. The summed E-state index contributed by atoms with van der Waals surface area (Å²) < 4.78 is 6.95. The highest BCUT2D eigenvalue weighted by molar-refractivity contribution is 7.09. The van der Waals surface area contributed by atoms with Gasteiger partial charge in [-0.05, 0) is 64.1 Å². The first-order chi connectivity index (χ1) is 17.2. The van der Waals surface area contributed by atoms with Gasteiger partial charge in [-0.1, -0.05) is 48.0 Å². The van der Waals surface area contributed by atoms with E-state index in [4.69, 9.17) is 16.7 Å². The molecule has 7 nitrogen and oxygen atoms in total. The molecular weight excluding hydrogens is 480 g/mol. The number of rotatable bonds is 5. The van der Waals surface area contributed by atoms with E-state index in [1.807, 2.05) is 66.7 Å². The summed E-state index contributed by atoms with van der Waals surface area (Å²) in [4.78, 5) is 18.5. The number of aromatic nitrogens is 6. The van der Waals surface area contributed by atoms with E-state index < -0.39 is 0 Å². The molecule has 170 valence electrons.